The maximum Gasteiger partial charge on any atom is 0.336 e. The van der Waals surface area contributed by atoms with Crippen molar-refractivity contribution in [3.63, 3.8) is 0 Å². The summed E-state index contributed by atoms with van der Waals surface area (Å²) in [5.74, 6) is 1.76. The highest BCUT2D eigenvalue weighted by Crippen LogP contribution is 2.31. The number of carbonyl (C=O) groups excluding carboxylic acids is 1. The van der Waals surface area contributed by atoms with E-state index in [9.17, 15) is 9.59 Å². The molecular weight excluding hydrogens is 386 g/mol. The second-order valence-corrected chi connectivity index (χ2v) is 7.08. The minimum Gasteiger partial charge on any atom is -0.486 e. The zero-order valence-electron chi connectivity index (χ0n) is 17.0. The molecule has 0 bridgehead atoms. The standard InChI is InChI=1S/C23H23NO6/c1-3-24(13-16-4-7-19-21(11-16)28-9-8-27-19)22(25)14-29-17-5-6-18-15(2)10-23(26)30-20(18)12-17/h4-7,10-12H,3,8-9,13-14H2,1-2H3. The molecule has 0 saturated carbocycles. The smallest absolute Gasteiger partial charge is 0.336 e. The second-order valence-electron chi connectivity index (χ2n) is 7.08. The van der Waals surface area contributed by atoms with Gasteiger partial charge in [0.1, 0.15) is 24.5 Å². The van der Waals surface area contributed by atoms with Gasteiger partial charge in [0.25, 0.3) is 5.91 Å². The molecule has 0 radical (unpaired) electrons. The number of benzene rings is 2. The number of aryl methyl sites for hydroxylation is 1. The van der Waals surface area contributed by atoms with Gasteiger partial charge < -0.3 is 23.5 Å². The van der Waals surface area contributed by atoms with Crippen LogP contribution in [0.2, 0.25) is 0 Å². The van der Waals surface area contributed by atoms with Crippen molar-refractivity contribution >= 4 is 16.9 Å². The number of ether oxygens (including phenoxy) is 3. The molecule has 2 aromatic carbocycles. The molecule has 156 valence electrons. The third-order valence-corrected chi connectivity index (χ3v) is 5.00. The summed E-state index contributed by atoms with van der Waals surface area (Å²) in [6, 6.07) is 12.4. The van der Waals surface area contributed by atoms with Gasteiger partial charge in [0.2, 0.25) is 0 Å². The Morgan fingerprint density at radius 2 is 1.87 bits per heavy atom. The first-order valence-electron chi connectivity index (χ1n) is 9.87. The first-order chi connectivity index (χ1) is 14.5. The lowest BCUT2D eigenvalue weighted by atomic mass is 10.1. The van der Waals surface area contributed by atoms with E-state index in [1.807, 2.05) is 38.1 Å². The summed E-state index contributed by atoms with van der Waals surface area (Å²) in [5.41, 5.74) is 1.82. The van der Waals surface area contributed by atoms with Gasteiger partial charge in [-0.05, 0) is 49.2 Å². The van der Waals surface area contributed by atoms with Gasteiger partial charge in [-0.3, -0.25) is 4.79 Å². The van der Waals surface area contributed by atoms with Crippen LogP contribution in [0.1, 0.15) is 18.1 Å². The van der Waals surface area contributed by atoms with Gasteiger partial charge in [-0.15, -0.1) is 0 Å². The van der Waals surface area contributed by atoms with Crippen LogP contribution in [-0.4, -0.2) is 37.2 Å². The molecule has 0 atom stereocenters. The number of hydrogen-bond donors (Lipinski definition) is 0. The van der Waals surface area contributed by atoms with Crippen LogP contribution in [0.5, 0.6) is 17.2 Å². The summed E-state index contributed by atoms with van der Waals surface area (Å²) < 4.78 is 22.0. The van der Waals surface area contributed by atoms with Crippen LogP contribution in [0.15, 0.2) is 51.7 Å². The van der Waals surface area contributed by atoms with Crippen molar-refractivity contribution < 1.29 is 23.4 Å². The Kier molecular flexibility index (Phi) is 5.61. The van der Waals surface area contributed by atoms with Gasteiger partial charge in [0.15, 0.2) is 18.1 Å². The molecule has 4 rings (SSSR count). The number of fused-ring (bicyclic) bond motifs is 2. The highest BCUT2D eigenvalue weighted by molar-refractivity contribution is 5.81. The lowest BCUT2D eigenvalue weighted by molar-refractivity contribution is -0.133. The van der Waals surface area contributed by atoms with E-state index < -0.39 is 5.63 Å². The predicted octanol–water partition coefficient (Wildman–Crippen LogP) is 3.30. The van der Waals surface area contributed by atoms with Gasteiger partial charge in [-0.2, -0.15) is 0 Å². The molecule has 0 unspecified atom stereocenters. The number of amides is 1. The molecule has 0 spiro atoms. The predicted molar refractivity (Wildman–Crippen MR) is 111 cm³/mol. The number of nitrogens with zero attached hydrogens (tertiary/aromatic N) is 1. The number of rotatable bonds is 6. The molecule has 0 fully saturated rings. The summed E-state index contributed by atoms with van der Waals surface area (Å²) in [6.45, 7) is 5.71. The van der Waals surface area contributed by atoms with Crippen molar-refractivity contribution in [3.05, 3.63) is 64.0 Å². The fraction of sp³-hybridized carbons (Fsp3) is 0.304. The van der Waals surface area contributed by atoms with Crippen molar-refractivity contribution in [1.29, 1.82) is 0 Å². The molecule has 1 amide bonds. The van der Waals surface area contributed by atoms with Crippen LogP contribution in [0.3, 0.4) is 0 Å². The van der Waals surface area contributed by atoms with Crippen molar-refractivity contribution in [3.8, 4) is 17.2 Å². The van der Waals surface area contributed by atoms with E-state index in [0.717, 1.165) is 22.3 Å². The highest BCUT2D eigenvalue weighted by atomic mass is 16.6. The third-order valence-electron chi connectivity index (χ3n) is 5.00. The first kappa shape index (κ1) is 19.8. The van der Waals surface area contributed by atoms with Crippen molar-refractivity contribution in [2.45, 2.75) is 20.4 Å². The van der Waals surface area contributed by atoms with Gasteiger partial charge in [-0.1, -0.05) is 6.07 Å². The summed E-state index contributed by atoms with van der Waals surface area (Å²) in [6.07, 6.45) is 0. The highest BCUT2D eigenvalue weighted by Gasteiger charge is 2.16. The summed E-state index contributed by atoms with van der Waals surface area (Å²) in [5, 5.41) is 0.835. The minimum atomic E-state index is -0.412. The minimum absolute atomic E-state index is 0.111. The molecular formula is C23H23NO6. The van der Waals surface area contributed by atoms with E-state index in [2.05, 4.69) is 0 Å². The summed E-state index contributed by atoms with van der Waals surface area (Å²) >= 11 is 0. The van der Waals surface area contributed by atoms with Crippen LogP contribution in [-0.2, 0) is 11.3 Å². The normalized spacial score (nSPS) is 12.6. The molecule has 7 heteroatoms. The Morgan fingerprint density at radius 3 is 2.67 bits per heavy atom. The molecule has 2 heterocycles. The lowest BCUT2D eigenvalue weighted by Gasteiger charge is -2.23. The molecule has 7 nitrogen and oxygen atoms in total. The Labute approximate surface area is 173 Å². The van der Waals surface area contributed by atoms with Gasteiger partial charge in [-0.25, -0.2) is 4.79 Å². The van der Waals surface area contributed by atoms with Crippen LogP contribution in [0.25, 0.3) is 11.0 Å². The maximum absolute atomic E-state index is 12.7. The summed E-state index contributed by atoms with van der Waals surface area (Å²) in [4.78, 5) is 26.0. The number of carbonyl (C=O) groups is 1. The van der Waals surface area contributed by atoms with Crippen LogP contribution < -0.4 is 19.8 Å². The Morgan fingerprint density at radius 1 is 1.07 bits per heavy atom. The topological polar surface area (TPSA) is 78.2 Å². The van der Waals surface area contributed by atoms with Crippen LogP contribution in [0.4, 0.5) is 0 Å². The van der Waals surface area contributed by atoms with E-state index in [1.165, 1.54) is 6.07 Å². The van der Waals surface area contributed by atoms with E-state index in [4.69, 9.17) is 18.6 Å². The van der Waals surface area contributed by atoms with Crippen molar-refractivity contribution in [2.24, 2.45) is 0 Å². The second kappa shape index (κ2) is 8.49. The Hall–Kier alpha value is -3.48. The van der Waals surface area contributed by atoms with Crippen LogP contribution in [0, 0.1) is 6.92 Å². The van der Waals surface area contributed by atoms with E-state index in [-0.39, 0.29) is 12.5 Å². The monoisotopic (exact) mass is 409 g/mol. The third kappa shape index (κ3) is 4.25. The van der Waals surface area contributed by atoms with E-state index in [0.29, 0.717) is 43.4 Å². The Bertz CT molecular complexity index is 1140. The first-order valence-corrected chi connectivity index (χ1v) is 9.87. The molecule has 1 aliphatic rings. The summed E-state index contributed by atoms with van der Waals surface area (Å²) in [7, 11) is 0. The maximum atomic E-state index is 12.7. The lowest BCUT2D eigenvalue weighted by Crippen LogP contribution is -2.34. The van der Waals surface area contributed by atoms with Gasteiger partial charge in [0, 0.05) is 30.6 Å². The molecule has 0 aliphatic carbocycles. The van der Waals surface area contributed by atoms with Gasteiger partial charge >= 0.3 is 5.63 Å². The Balaban J connectivity index is 1.42. The van der Waals surface area contributed by atoms with E-state index >= 15 is 0 Å². The van der Waals surface area contributed by atoms with E-state index in [1.54, 1.807) is 17.0 Å². The van der Waals surface area contributed by atoms with Crippen LogP contribution >= 0.6 is 0 Å². The fourth-order valence-electron chi connectivity index (χ4n) is 3.41. The van der Waals surface area contributed by atoms with Gasteiger partial charge in [0.05, 0.1) is 0 Å². The fourth-order valence-corrected chi connectivity index (χ4v) is 3.41. The number of likely N-dealkylation sites (N-methyl/N-ethyl adjacent to an activating group) is 1. The molecule has 0 N–H and O–H groups in total. The number of hydrogen-bond acceptors (Lipinski definition) is 6. The molecule has 3 aromatic rings. The average Bonchev–Trinajstić information content (AvgIpc) is 2.75. The SMILES string of the molecule is CCN(Cc1ccc2c(c1)OCCO2)C(=O)COc1ccc2c(C)cc(=O)oc2c1. The zero-order valence-corrected chi connectivity index (χ0v) is 17.0. The molecule has 1 aliphatic heterocycles. The van der Waals surface area contributed by atoms with Crippen molar-refractivity contribution in [1.82, 2.24) is 4.90 Å². The average molecular weight is 409 g/mol. The van der Waals surface area contributed by atoms with Crippen molar-refractivity contribution in [2.75, 3.05) is 26.4 Å². The zero-order chi connectivity index (χ0) is 21.1. The quantitative estimate of drug-likeness (QED) is 0.582. The largest absolute Gasteiger partial charge is 0.486 e. The molecule has 30 heavy (non-hydrogen) atoms. The molecule has 0 saturated heterocycles. The molecule has 1 aromatic heterocycles.